The van der Waals surface area contributed by atoms with Crippen molar-refractivity contribution in [3.63, 3.8) is 0 Å². The standard InChI is InChI=1S/C14H29NO2/c1-4-7-15-8-5-6-9-16-14-10-12(2)17-13(3)11-14/h12-15H,4-11H2,1-3H3. The van der Waals surface area contributed by atoms with Crippen molar-refractivity contribution in [1.29, 1.82) is 0 Å². The van der Waals surface area contributed by atoms with Gasteiger partial charge < -0.3 is 14.8 Å². The summed E-state index contributed by atoms with van der Waals surface area (Å²) in [5.74, 6) is 0. The maximum Gasteiger partial charge on any atom is 0.0624 e. The van der Waals surface area contributed by atoms with Crippen molar-refractivity contribution < 1.29 is 9.47 Å². The molecule has 17 heavy (non-hydrogen) atoms. The molecule has 3 heteroatoms. The zero-order valence-corrected chi connectivity index (χ0v) is 11.7. The van der Waals surface area contributed by atoms with Gasteiger partial charge >= 0.3 is 0 Å². The molecule has 2 unspecified atom stereocenters. The first-order valence-corrected chi connectivity index (χ1v) is 7.20. The molecule has 1 N–H and O–H groups in total. The second-order valence-corrected chi connectivity index (χ2v) is 5.18. The van der Waals surface area contributed by atoms with Crippen molar-refractivity contribution in [1.82, 2.24) is 5.32 Å². The number of ether oxygens (including phenoxy) is 2. The van der Waals surface area contributed by atoms with E-state index in [1.807, 2.05) is 0 Å². The smallest absolute Gasteiger partial charge is 0.0624 e. The van der Waals surface area contributed by atoms with E-state index in [2.05, 4.69) is 26.1 Å². The van der Waals surface area contributed by atoms with Gasteiger partial charge in [-0.3, -0.25) is 0 Å². The normalized spacial score (nSPS) is 29.5. The second kappa shape index (κ2) is 8.90. The fraction of sp³-hybridized carbons (Fsp3) is 1.00. The Morgan fingerprint density at radius 3 is 2.47 bits per heavy atom. The van der Waals surface area contributed by atoms with Crippen LogP contribution in [0.2, 0.25) is 0 Å². The van der Waals surface area contributed by atoms with E-state index < -0.39 is 0 Å². The molecule has 102 valence electrons. The van der Waals surface area contributed by atoms with E-state index >= 15 is 0 Å². The van der Waals surface area contributed by atoms with Crippen LogP contribution in [0.1, 0.15) is 52.9 Å². The number of hydrogen-bond donors (Lipinski definition) is 1. The topological polar surface area (TPSA) is 30.5 Å². The zero-order valence-electron chi connectivity index (χ0n) is 11.7. The van der Waals surface area contributed by atoms with E-state index in [1.165, 1.54) is 12.8 Å². The quantitative estimate of drug-likeness (QED) is 0.665. The Morgan fingerprint density at radius 2 is 1.82 bits per heavy atom. The molecule has 0 aromatic carbocycles. The second-order valence-electron chi connectivity index (χ2n) is 5.18. The van der Waals surface area contributed by atoms with E-state index in [-0.39, 0.29) is 0 Å². The number of unbranched alkanes of at least 4 members (excludes halogenated alkanes) is 1. The Kier molecular flexibility index (Phi) is 7.82. The fourth-order valence-electron chi connectivity index (χ4n) is 2.38. The van der Waals surface area contributed by atoms with E-state index in [1.54, 1.807) is 0 Å². The Balaban J connectivity index is 1.95. The Bertz CT molecular complexity index is 177. The molecule has 0 aliphatic carbocycles. The highest BCUT2D eigenvalue weighted by molar-refractivity contribution is 4.73. The van der Waals surface area contributed by atoms with Crippen molar-refractivity contribution in [3.05, 3.63) is 0 Å². The van der Waals surface area contributed by atoms with Crippen LogP contribution in [0.3, 0.4) is 0 Å². The van der Waals surface area contributed by atoms with E-state index in [9.17, 15) is 0 Å². The summed E-state index contributed by atoms with van der Waals surface area (Å²) in [7, 11) is 0. The minimum atomic E-state index is 0.356. The summed E-state index contributed by atoms with van der Waals surface area (Å²) in [5.41, 5.74) is 0. The van der Waals surface area contributed by atoms with Gasteiger partial charge in [0.05, 0.1) is 18.3 Å². The summed E-state index contributed by atoms with van der Waals surface area (Å²) < 4.78 is 11.6. The summed E-state index contributed by atoms with van der Waals surface area (Å²) in [6.07, 6.45) is 6.83. The molecule has 2 atom stereocenters. The Morgan fingerprint density at radius 1 is 1.12 bits per heavy atom. The number of nitrogens with one attached hydrogen (secondary N) is 1. The van der Waals surface area contributed by atoms with Gasteiger partial charge in [-0.25, -0.2) is 0 Å². The molecule has 1 heterocycles. The minimum absolute atomic E-state index is 0.356. The first kappa shape index (κ1) is 14.9. The molecular weight excluding hydrogens is 214 g/mol. The molecule has 0 saturated carbocycles. The lowest BCUT2D eigenvalue weighted by molar-refractivity contribution is -0.102. The third kappa shape index (κ3) is 7.02. The Hall–Kier alpha value is -0.120. The third-order valence-corrected chi connectivity index (χ3v) is 3.18. The molecule has 0 radical (unpaired) electrons. The minimum Gasteiger partial charge on any atom is -0.378 e. The lowest BCUT2D eigenvalue weighted by atomic mass is 10.0. The molecule has 1 rings (SSSR count). The lowest BCUT2D eigenvalue weighted by Crippen LogP contribution is -2.34. The van der Waals surface area contributed by atoms with Crippen LogP contribution in [-0.2, 0) is 9.47 Å². The van der Waals surface area contributed by atoms with Gasteiger partial charge in [0.25, 0.3) is 0 Å². The summed E-state index contributed by atoms with van der Waals surface area (Å²) in [6, 6.07) is 0. The van der Waals surface area contributed by atoms with Gasteiger partial charge in [0.1, 0.15) is 0 Å². The molecule has 0 amide bonds. The van der Waals surface area contributed by atoms with Crippen LogP contribution >= 0.6 is 0 Å². The monoisotopic (exact) mass is 243 g/mol. The number of rotatable bonds is 8. The van der Waals surface area contributed by atoms with Gasteiger partial charge in [-0.1, -0.05) is 6.92 Å². The molecule has 0 aromatic rings. The largest absolute Gasteiger partial charge is 0.378 e. The average Bonchev–Trinajstić information content (AvgIpc) is 2.26. The van der Waals surface area contributed by atoms with E-state index in [0.717, 1.165) is 39.0 Å². The molecule has 1 fully saturated rings. The molecule has 1 aliphatic heterocycles. The Labute approximate surface area is 106 Å². The van der Waals surface area contributed by atoms with E-state index in [4.69, 9.17) is 9.47 Å². The SMILES string of the molecule is CCCNCCCCOC1CC(C)OC(C)C1. The third-order valence-electron chi connectivity index (χ3n) is 3.18. The molecule has 0 bridgehead atoms. The first-order chi connectivity index (χ1) is 8.22. The summed E-state index contributed by atoms with van der Waals surface area (Å²) in [4.78, 5) is 0. The average molecular weight is 243 g/mol. The molecule has 0 aromatic heterocycles. The molecule has 3 nitrogen and oxygen atoms in total. The predicted molar refractivity (Wildman–Crippen MR) is 71.4 cm³/mol. The van der Waals surface area contributed by atoms with Crippen LogP contribution < -0.4 is 5.32 Å². The van der Waals surface area contributed by atoms with Crippen molar-refractivity contribution in [2.24, 2.45) is 0 Å². The highest BCUT2D eigenvalue weighted by Gasteiger charge is 2.24. The van der Waals surface area contributed by atoms with Gasteiger partial charge in [0, 0.05) is 6.61 Å². The first-order valence-electron chi connectivity index (χ1n) is 7.20. The van der Waals surface area contributed by atoms with Crippen LogP contribution in [-0.4, -0.2) is 38.0 Å². The van der Waals surface area contributed by atoms with Crippen LogP contribution in [0, 0.1) is 0 Å². The summed E-state index contributed by atoms with van der Waals surface area (Å²) in [5, 5.41) is 3.41. The van der Waals surface area contributed by atoms with Gasteiger partial charge in [-0.2, -0.15) is 0 Å². The highest BCUT2D eigenvalue weighted by atomic mass is 16.5. The fourth-order valence-corrected chi connectivity index (χ4v) is 2.38. The summed E-state index contributed by atoms with van der Waals surface area (Å²) in [6.45, 7) is 9.64. The molecule has 1 aliphatic rings. The van der Waals surface area contributed by atoms with Crippen LogP contribution in [0.15, 0.2) is 0 Å². The highest BCUT2D eigenvalue weighted by Crippen LogP contribution is 2.21. The van der Waals surface area contributed by atoms with Crippen LogP contribution in [0.4, 0.5) is 0 Å². The van der Waals surface area contributed by atoms with E-state index in [0.29, 0.717) is 18.3 Å². The van der Waals surface area contributed by atoms with Crippen molar-refractivity contribution in [2.75, 3.05) is 19.7 Å². The summed E-state index contributed by atoms with van der Waals surface area (Å²) >= 11 is 0. The lowest BCUT2D eigenvalue weighted by Gasteiger charge is -2.32. The van der Waals surface area contributed by atoms with Crippen LogP contribution in [0.25, 0.3) is 0 Å². The predicted octanol–water partition coefficient (Wildman–Crippen LogP) is 2.74. The van der Waals surface area contributed by atoms with Crippen molar-refractivity contribution in [3.8, 4) is 0 Å². The van der Waals surface area contributed by atoms with Gasteiger partial charge in [-0.15, -0.1) is 0 Å². The molecular formula is C14H29NO2. The molecule has 1 saturated heterocycles. The maximum absolute atomic E-state index is 5.92. The van der Waals surface area contributed by atoms with Crippen molar-refractivity contribution in [2.45, 2.75) is 71.2 Å². The number of hydrogen-bond acceptors (Lipinski definition) is 3. The molecule has 0 spiro atoms. The van der Waals surface area contributed by atoms with Crippen molar-refractivity contribution >= 4 is 0 Å². The van der Waals surface area contributed by atoms with Crippen LogP contribution in [0.5, 0.6) is 0 Å². The van der Waals surface area contributed by atoms with Gasteiger partial charge in [-0.05, 0) is 59.0 Å². The van der Waals surface area contributed by atoms with Gasteiger partial charge in [0.15, 0.2) is 0 Å². The van der Waals surface area contributed by atoms with Gasteiger partial charge in [0.2, 0.25) is 0 Å². The maximum atomic E-state index is 5.92. The zero-order chi connectivity index (χ0) is 12.5.